The fraction of sp³-hybridized carbons (Fsp3) is 0.355. The molecule has 1 N–H and O–H groups in total. The zero-order valence-corrected chi connectivity index (χ0v) is 26.5. The van der Waals surface area contributed by atoms with Crippen molar-refractivity contribution >= 4 is 52.2 Å². The number of nitro benzene ring substituents is 1. The maximum Gasteiger partial charge on any atom is 0.338 e. The number of ether oxygens (including phenoxy) is 1. The van der Waals surface area contributed by atoms with Crippen LogP contribution < -0.4 is 5.32 Å². The number of nitrogens with zero attached hydrogens (tertiary/aromatic N) is 4. The summed E-state index contributed by atoms with van der Waals surface area (Å²) >= 11 is 12.2. The lowest BCUT2D eigenvalue weighted by Gasteiger charge is -2.30. The molecule has 2 aromatic carbocycles. The average molecular weight is 688 g/mol. The van der Waals surface area contributed by atoms with Crippen molar-refractivity contribution in [3.8, 4) is 0 Å². The number of benzene rings is 2. The Kier molecular flexibility index (Phi) is 9.84. The van der Waals surface area contributed by atoms with E-state index in [1.165, 1.54) is 29.3 Å². The monoisotopic (exact) mass is 687 g/mol. The molecule has 3 aromatic rings. The van der Waals surface area contributed by atoms with Crippen LogP contribution >= 0.6 is 23.2 Å². The number of pyridine rings is 1. The molecular weight excluding hydrogens is 660 g/mol. The van der Waals surface area contributed by atoms with Crippen LogP contribution in [0.4, 0.5) is 15.8 Å². The second kappa shape index (κ2) is 13.7. The quantitative estimate of drug-likeness (QED) is 0.0874. The molecule has 2 aliphatic rings. The van der Waals surface area contributed by atoms with Gasteiger partial charge in [-0.2, -0.15) is 0 Å². The van der Waals surface area contributed by atoms with Crippen LogP contribution in [0.15, 0.2) is 48.7 Å². The van der Waals surface area contributed by atoms with Gasteiger partial charge in [0, 0.05) is 46.4 Å². The van der Waals surface area contributed by atoms with Crippen molar-refractivity contribution in [2.45, 2.75) is 50.2 Å². The molecule has 0 spiro atoms. The summed E-state index contributed by atoms with van der Waals surface area (Å²) in [5.74, 6) is -4.86. The number of nitrogens with one attached hydrogen (secondary N) is 1. The van der Waals surface area contributed by atoms with Gasteiger partial charge < -0.3 is 10.1 Å². The van der Waals surface area contributed by atoms with Crippen LogP contribution in [0.1, 0.15) is 57.0 Å². The molecule has 0 radical (unpaired) electrons. The first-order valence-corrected chi connectivity index (χ1v) is 15.2. The van der Waals surface area contributed by atoms with Crippen molar-refractivity contribution in [2.75, 3.05) is 19.0 Å². The maximum absolute atomic E-state index is 15.6. The van der Waals surface area contributed by atoms with Gasteiger partial charge in [0.1, 0.15) is 6.04 Å². The van der Waals surface area contributed by atoms with Gasteiger partial charge in [-0.05, 0) is 61.6 Å². The van der Waals surface area contributed by atoms with Gasteiger partial charge in [-0.25, -0.2) is 14.2 Å². The Morgan fingerprint density at radius 3 is 2.47 bits per heavy atom. The SMILES string of the molecule is COC(=O)c1ccc(C(=O)C[C@H]2[C@@H]([N+](=O)[O-])[C@H](c3ccnc(Cl)c3F)[C@H](C(=O)Nc3cc(Cl)ccc3C)N2CC2CC2)c([N+](=O)[O-])c1. The predicted molar refractivity (Wildman–Crippen MR) is 168 cm³/mol. The molecule has 1 aliphatic carbocycles. The van der Waals surface area contributed by atoms with Crippen molar-refractivity contribution in [1.82, 2.24) is 9.88 Å². The van der Waals surface area contributed by atoms with E-state index in [1.807, 2.05) is 0 Å². The van der Waals surface area contributed by atoms with E-state index in [0.29, 0.717) is 16.3 Å². The third-order valence-corrected chi connectivity index (χ3v) is 9.07. The highest BCUT2D eigenvalue weighted by atomic mass is 35.5. The fourth-order valence-corrected chi connectivity index (χ4v) is 6.49. The molecular formula is C31H28Cl2FN5O8. The largest absolute Gasteiger partial charge is 0.465 e. The number of likely N-dealkylation sites (tertiary alicyclic amines) is 1. The molecule has 246 valence electrons. The van der Waals surface area contributed by atoms with Crippen LogP contribution in [-0.4, -0.2) is 69.2 Å². The number of nitro groups is 2. The zero-order valence-electron chi connectivity index (χ0n) is 25.0. The predicted octanol–water partition coefficient (Wildman–Crippen LogP) is 5.63. The Balaban J connectivity index is 1.63. The number of halogens is 3. The molecule has 4 atom stereocenters. The van der Waals surface area contributed by atoms with Crippen LogP contribution in [0.5, 0.6) is 0 Å². The van der Waals surface area contributed by atoms with Gasteiger partial charge in [0.15, 0.2) is 16.8 Å². The van der Waals surface area contributed by atoms with Crippen molar-refractivity contribution in [3.63, 3.8) is 0 Å². The van der Waals surface area contributed by atoms with E-state index in [0.717, 1.165) is 32.1 Å². The topological polar surface area (TPSA) is 175 Å². The molecule has 0 bridgehead atoms. The summed E-state index contributed by atoms with van der Waals surface area (Å²) in [4.78, 5) is 68.6. The number of hydrogen-bond donors (Lipinski definition) is 1. The lowest BCUT2D eigenvalue weighted by molar-refractivity contribution is -0.527. The Morgan fingerprint density at radius 1 is 1.11 bits per heavy atom. The number of amides is 1. The first-order chi connectivity index (χ1) is 22.3. The van der Waals surface area contributed by atoms with Gasteiger partial charge >= 0.3 is 5.97 Å². The first-order valence-electron chi connectivity index (χ1n) is 14.5. The number of rotatable bonds is 11. The summed E-state index contributed by atoms with van der Waals surface area (Å²) in [6.07, 6.45) is 2.07. The van der Waals surface area contributed by atoms with E-state index in [-0.39, 0.29) is 23.6 Å². The highest BCUT2D eigenvalue weighted by Gasteiger charge is 2.60. The van der Waals surface area contributed by atoms with Crippen LogP contribution in [0.3, 0.4) is 0 Å². The first kappa shape index (κ1) is 33.8. The number of anilines is 1. The third-order valence-electron chi connectivity index (χ3n) is 8.57. The van der Waals surface area contributed by atoms with Crippen molar-refractivity contribution in [1.29, 1.82) is 0 Å². The van der Waals surface area contributed by atoms with Gasteiger partial charge in [-0.15, -0.1) is 0 Å². The number of esters is 1. The summed E-state index contributed by atoms with van der Waals surface area (Å²) in [6.45, 7) is 1.89. The molecule has 16 heteroatoms. The van der Waals surface area contributed by atoms with Crippen molar-refractivity contribution < 1.29 is 33.4 Å². The smallest absolute Gasteiger partial charge is 0.338 e. The lowest BCUT2D eigenvalue weighted by atomic mass is 9.85. The Labute approximate surface area is 277 Å². The Bertz CT molecular complexity index is 1790. The van der Waals surface area contributed by atoms with Gasteiger partial charge in [0.05, 0.1) is 35.1 Å². The van der Waals surface area contributed by atoms with E-state index in [9.17, 15) is 34.6 Å². The highest BCUT2D eigenvalue weighted by Crippen LogP contribution is 2.45. The number of Topliss-reactive ketones (excluding diaryl/α,β-unsaturated/α-hetero) is 1. The molecule has 1 saturated carbocycles. The van der Waals surface area contributed by atoms with E-state index in [1.54, 1.807) is 19.1 Å². The number of carbonyl (C=O) groups is 3. The van der Waals surface area contributed by atoms with E-state index in [4.69, 9.17) is 23.2 Å². The highest BCUT2D eigenvalue weighted by molar-refractivity contribution is 6.31. The van der Waals surface area contributed by atoms with Crippen molar-refractivity contribution in [2.24, 2.45) is 5.92 Å². The molecule has 2 heterocycles. The summed E-state index contributed by atoms with van der Waals surface area (Å²) in [5, 5.41) is 27.4. The van der Waals surface area contributed by atoms with E-state index in [2.05, 4.69) is 15.0 Å². The number of ketones is 1. The van der Waals surface area contributed by atoms with Crippen LogP contribution in [0.25, 0.3) is 0 Å². The molecule has 5 rings (SSSR count). The van der Waals surface area contributed by atoms with Gasteiger partial charge in [-0.3, -0.25) is 34.7 Å². The van der Waals surface area contributed by atoms with Gasteiger partial charge in [0.25, 0.3) is 5.69 Å². The van der Waals surface area contributed by atoms with Crippen LogP contribution in [0.2, 0.25) is 10.2 Å². The summed E-state index contributed by atoms with van der Waals surface area (Å²) in [7, 11) is 1.09. The molecule has 1 saturated heterocycles. The fourth-order valence-electron chi connectivity index (χ4n) is 6.15. The maximum atomic E-state index is 15.6. The number of carbonyl (C=O) groups excluding carboxylic acids is 3. The molecule has 0 unspecified atom stereocenters. The number of methoxy groups -OCH3 is 1. The summed E-state index contributed by atoms with van der Waals surface area (Å²) < 4.78 is 20.3. The normalized spacial score (nSPS) is 20.9. The molecule has 1 aliphatic heterocycles. The van der Waals surface area contributed by atoms with Gasteiger partial charge in [-0.1, -0.05) is 29.3 Å². The molecule has 1 amide bonds. The lowest BCUT2D eigenvalue weighted by Crippen LogP contribution is -2.47. The van der Waals surface area contributed by atoms with E-state index < -0.39 is 80.2 Å². The number of aryl methyl sites for hydroxylation is 1. The minimum absolute atomic E-state index is 0.0431. The summed E-state index contributed by atoms with van der Waals surface area (Å²) in [5.41, 5.74) is -0.527. The number of aromatic nitrogens is 1. The Morgan fingerprint density at radius 2 is 1.83 bits per heavy atom. The van der Waals surface area contributed by atoms with E-state index >= 15 is 4.39 Å². The number of hydrogen-bond acceptors (Lipinski definition) is 10. The van der Waals surface area contributed by atoms with Crippen molar-refractivity contribution in [3.05, 3.63) is 107 Å². The average Bonchev–Trinajstić information content (AvgIpc) is 3.80. The van der Waals surface area contributed by atoms with Crippen LogP contribution in [-0.2, 0) is 9.53 Å². The second-order valence-electron chi connectivity index (χ2n) is 11.5. The molecule has 2 fully saturated rings. The zero-order chi connectivity index (χ0) is 34.2. The van der Waals surface area contributed by atoms with Crippen LogP contribution in [0, 0.1) is 38.9 Å². The second-order valence-corrected chi connectivity index (χ2v) is 12.3. The molecule has 47 heavy (non-hydrogen) atoms. The standard InChI is InChI=1S/C31H28Cl2FN5O8/c1-15-3-7-18(32)12-21(15)36-30(41)28-25(20-9-10-35-29(33)26(20)34)27(39(45)46)23(37(28)14-16-4-5-16)13-24(40)19-8-6-17(31(42)47-2)11-22(19)38(43)44/h3,6-12,16,23,25,27-28H,4-5,13-14H2,1-2H3,(H,36,41)/t23-,25-,27+,28+/m0/s1. The minimum Gasteiger partial charge on any atom is -0.465 e. The molecule has 13 nitrogen and oxygen atoms in total. The summed E-state index contributed by atoms with van der Waals surface area (Å²) in [6, 6.07) is 4.77. The minimum atomic E-state index is -1.73. The molecule has 1 aromatic heterocycles. The Hall–Kier alpha value is -4.53. The van der Waals surface area contributed by atoms with Gasteiger partial charge in [0.2, 0.25) is 11.9 Å². The third kappa shape index (κ3) is 6.94.